The van der Waals surface area contributed by atoms with E-state index in [0.29, 0.717) is 24.5 Å². The maximum Gasteiger partial charge on any atom is 0.271 e. The highest BCUT2D eigenvalue weighted by molar-refractivity contribution is 5.93. The van der Waals surface area contributed by atoms with Crippen LogP contribution in [-0.2, 0) is 0 Å². The second-order valence-electron chi connectivity index (χ2n) is 4.91. The van der Waals surface area contributed by atoms with Crippen LogP contribution in [0.4, 0.5) is 0 Å². The van der Waals surface area contributed by atoms with E-state index in [4.69, 9.17) is 9.84 Å². The summed E-state index contributed by atoms with van der Waals surface area (Å²) in [5.41, 5.74) is 1.97. The van der Waals surface area contributed by atoms with Crippen LogP contribution in [-0.4, -0.2) is 52.9 Å². The van der Waals surface area contributed by atoms with Crippen LogP contribution in [0.25, 0.3) is 11.3 Å². The number of nitrogens with one attached hydrogen (secondary N) is 1. The van der Waals surface area contributed by atoms with Gasteiger partial charge in [-0.25, -0.2) is 0 Å². The number of ether oxygens (including phenoxy) is 1. The van der Waals surface area contributed by atoms with Gasteiger partial charge >= 0.3 is 0 Å². The van der Waals surface area contributed by atoms with Gasteiger partial charge in [0.15, 0.2) is 0 Å². The molecule has 0 bridgehead atoms. The summed E-state index contributed by atoms with van der Waals surface area (Å²) in [6, 6.07) is 9.22. The summed E-state index contributed by atoms with van der Waals surface area (Å²) in [6.45, 7) is 2.86. The van der Waals surface area contributed by atoms with Gasteiger partial charge in [0.1, 0.15) is 11.4 Å². The Morgan fingerprint density at radius 2 is 2.18 bits per heavy atom. The van der Waals surface area contributed by atoms with E-state index in [1.807, 2.05) is 31.2 Å². The number of nitrogens with zero attached hydrogens (tertiary/aromatic N) is 2. The number of aromatic amines is 1. The van der Waals surface area contributed by atoms with Crippen molar-refractivity contribution in [1.29, 1.82) is 0 Å². The van der Waals surface area contributed by atoms with Crippen molar-refractivity contribution in [3.63, 3.8) is 0 Å². The molecule has 22 heavy (non-hydrogen) atoms. The number of aromatic nitrogens is 2. The maximum atomic E-state index is 12.4. The second kappa shape index (κ2) is 7.61. The summed E-state index contributed by atoms with van der Waals surface area (Å²) in [4.78, 5) is 14.0. The van der Waals surface area contributed by atoms with Crippen LogP contribution in [0.3, 0.4) is 0 Å². The van der Waals surface area contributed by atoms with Gasteiger partial charge in [-0.1, -0.05) is 19.1 Å². The number of hydrogen-bond donors (Lipinski definition) is 2. The molecule has 2 rings (SSSR count). The zero-order valence-corrected chi connectivity index (χ0v) is 12.9. The molecule has 0 aliphatic heterocycles. The summed E-state index contributed by atoms with van der Waals surface area (Å²) in [5.74, 6) is 0.582. The van der Waals surface area contributed by atoms with Crippen molar-refractivity contribution in [3.05, 3.63) is 36.0 Å². The van der Waals surface area contributed by atoms with E-state index in [1.54, 1.807) is 18.1 Å². The molecule has 0 atom stereocenters. The first-order valence-corrected chi connectivity index (χ1v) is 7.29. The van der Waals surface area contributed by atoms with Crippen LogP contribution < -0.4 is 4.74 Å². The Balaban J connectivity index is 2.21. The molecule has 0 aliphatic carbocycles. The lowest BCUT2D eigenvalue weighted by atomic mass is 10.1. The number of hydrogen-bond acceptors (Lipinski definition) is 4. The van der Waals surface area contributed by atoms with Crippen molar-refractivity contribution in [2.75, 3.05) is 26.8 Å². The van der Waals surface area contributed by atoms with Gasteiger partial charge < -0.3 is 14.7 Å². The number of methoxy groups -OCH3 is 1. The topological polar surface area (TPSA) is 78.4 Å². The molecule has 1 amide bonds. The summed E-state index contributed by atoms with van der Waals surface area (Å²) in [5, 5.41) is 16.0. The standard InChI is InChI=1S/C16H21N3O3/c1-3-7-19(8-9-20)16(21)15-11-14(17-18-15)12-5-4-6-13(10-12)22-2/h4-6,10-11,20H,3,7-9H2,1-2H3,(H,17,18). The zero-order valence-electron chi connectivity index (χ0n) is 12.9. The lowest BCUT2D eigenvalue weighted by Gasteiger charge is -2.19. The minimum absolute atomic E-state index is 0.0530. The quantitative estimate of drug-likeness (QED) is 0.819. The minimum Gasteiger partial charge on any atom is -0.497 e. The Hall–Kier alpha value is -2.34. The van der Waals surface area contributed by atoms with Crippen LogP contribution in [0.2, 0.25) is 0 Å². The van der Waals surface area contributed by atoms with Crippen molar-refractivity contribution in [2.45, 2.75) is 13.3 Å². The van der Waals surface area contributed by atoms with E-state index in [-0.39, 0.29) is 12.5 Å². The molecule has 1 heterocycles. The lowest BCUT2D eigenvalue weighted by molar-refractivity contribution is 0.0716. The highest BCUT2D eigenvalue weighted by Crippen LogP contribution is 2.22. The van der Waals surface area contributed by atoms with Crippen LogP contribution in [0.15, 0.2) is 30.3 Å². The van der Waals surface area contributed by atoms with Gasteiger partial charge in [-0.2, -0.15) is 5.10 Å². The van der Waals surface area contributed by atoms with Gasteiger partial charge in [0, 0.05) is 18.7 Å². The number of amides is 1. The van der Waals surface area contributed by atoms with E-state index in [1.165, 1.54) is 0 Å². The Morgan fingerprint density at radius 3 is 2.86 bits per heavy atom. The normalized spacial score (nSPS) is 10.5. The number of aliphatic hydroxyl groups is 1. The van der Waals surface area contributed by atoms with E-state index < -0.39 is 0 Å². The molecule has 118 valence electrons. The highest BCUT2D eigenvalue weighted by atomic mass is 16.5. The smallest absolute Gasteiger partial charge is 0.271 e. The average molecular weight is 303 g/mol. The average Bonchev–Trinajstić information content (AvgIpc) is 3.04. The molecular formula is C16H21N3O3. The Morgan fingerprint density at radius 1 is 1.36 bits per heavy atom. The first-order chi connectivity index (χ1) is 10.7. The second-order valence-corrected chi connectivity index (χ2v) is 4.91. The molecule has 0 fully saturated rings. The van der Waals surface area contributed by atoms with E-state index in [2.05, 4.69) is 10.2 Å². The van der Waals surface area contributed by atoms with Crippen LogP contribution in [0.1, 0.15) is 23.8 Å². The van der Waals surface area contributed by atoms with Crippen molar-refractivity contribution in [2.24, 2.45) is 0 Å². The molecule has 6 nitrogen and oxygen atoms in total. The molecule has 1 aromatic carbocycles. The zero-order chi connectivity index (χ0) is 15.9. The van der Waals surface area contributed by atoms with Crippen molar-refractivity contribution in [3.8, 4) is 17.0 Å². The highest BCUT2D eigenvalue weighted by Gasteiger charge is 2.17. The molecule has 2 aromatic rings. The molecule has 6 heteroatoms. The molecule has 0 unspecified atom stereocenters. The molecule has 0 aliphatic rings. The molecule has 2 N–H and O–H groups in total. The Kier molecular flexibility index (Phi) is 5.55. The number of carbonyl (C=O) groups is 1. The number of benzene rings is 1. The fourth-order valence-corrected chi connectivity index (χ4v) is 2.24. The molecule has 0 saturated carbocycles. The third kappa shape index (κ3) is 3.65. The molecule has 1 aromatic heterocycles. The number of H-pyrrole nitrogens is 1. The fraction of sp³-hybridized carbons (Fsp3) is 0.375. The number of rotatable bonds is 7. The van der Waals surface area contributed by atoms with Gasteiger partial charge in [-0.3, -0.25) is 9.89 Å². The largest absolute Gasteiger partial charge is 0.497 e. The third-order valence-electron chi connectivity index (χ3n) is 3.32. The van der Waals surface area contributed by atoms with Gasteiger partial charge in [-0.05, 0) is 24.6 Å². The predicted octanol–water partition coefficient (Wildman–Crippen LogP) is 1.93. The predicted molar refractivity (Wildman–Crippen MR) is 83.9 cm³/mol. The van der Waals surface area contributed by atoms with Gasteiger partial charge in [0.25, 0.3) is 5.91 Å². The SMILES string of the molecule is CCCN(CCO)C(=O)c1cc(-c2cccc(OC)c2)n[nH]1. The van der Waals surface area contributed by atoms with E-state index >= 15 is 0 Å². The Bertz CT molecular complexity index is 619. The first-order valence-electron chi connectivity index (χ1n) is 7.29. The third-order valence-corrected chi connectivity index (χ3v) is 3.32. The van der Waals surface area contributed by atoms with Crippen LogP contribution in [0.5, 0.6) is 5.75 Å². The van der Waals surface area contributed by atoms with Crippen LogP contribution >= 0.6 is 0 Å². The molecule has 0 saturated heterocycles. The summed E-state index contributed by atoms with van der Waals surface area (Å²) < 4.78 is 5.19. The minimum atomic E-state index is -0.155. The van der Waals surface area contributed by atoms with Gasteiger partial charge in [-0.15, -0.1) is 0 Å². The van der Waals surface area contributed by atoms with E-state index in [9.17, 15) is 4.79 Å². The van der Waals surface area contributed by atoms with E-state index in [0.717, 1.165) is 17.7 Å². The fourth-order valence-electron chi connectivity index (χ4n) is 2.24. The number of aliphatic hydroxyl groups excluding tert-OH is 1. The van der Waals surface area contributed by atoms with Crippen molar-refractivity contribution in [1.82, 2.24) is 15.1 Å². The molecule has 0 spiro atoms. The maximum absolute atomic E-state index is 12.4. The molecular weight excluding hydrogens is 282 g/mol. The van der Waals surface area contributed by atoms with Crippen molar-refractivity contribution < 1.29 is 14.6 Å². The lowest BCUT2D eigenvalue weighted by Crippen LogP contribution is -2.34. The summed E-state index contributed by atoms with van der Waals surface area (Å²) in [6.07, 6.45) is 0.836. The number of carbonyl (C=O) groups excluding carboxylic acids is 1. The first kappa shape index (κ1) is 16.0. The molecule has 0 radical (unpaired) electrons. The summed E-state index contributed by atoms with van der Waals surface area (Å²) >= 11 is 0. The monoisotopic (exact) mass is 303 g/mol. The van der Waals surface area contributed by atoms with Gasteiger partial charge in [0.2, 0.25) is 0 Å². The van der Waals surface area contributed by atoms with Gasteiger partial charge in [0.05, 0.1) is 19.4 Å². The van der Waals surface area contributed by atoms with Crippen LogP contribution in [0, 0.1) is 0 Å². The van der Waals surface area contributed by atoms with Crippen molar-refractivity contribution >= 4 is 5.91 Å². The summed E-state index contributed by atoms with van der Waals surface area (Å²) in [7, 11) is 1.61. The Labute approximate surface area is 129 Å².